The highest BCUT2D eigenvalue weighted by Gasteiger charge is 2.38. The van der Waals surface area contributed by atoms with Crippen molar-refractivity contribution in [2.45, 2.75) is 12.7 Å². The zero-order valence-corrected chi connectivity index (χ0v) is 11.0. The predicted molar refractivity (Wildman–Crippen MR) is 68.2 cm³/mol. The zero-order chi connectivity index (χ0) is 15.8. The SMILES string of the molecule is O=C(O)c1[nH]c2ccc(Cl)cc2c1CNC(=O)C(F)(F)F. The molecule has 5 nitrogen and oxygen atoms in total. The number of nitrogens with one attached hydrogen (secondary N) is 2. The molecule has 0 saturated carbocycles. The van der Waals surface area contributed by atoms with Crippen molar-refractivity contribution in [3.63, 3.8) is 0 Å². The molecule has 3 N–H and O–H groups in total. The maximum absolute atomic E-state index is 12.2. The summed E-state index contributed by atoms with van der Waals surface area (Å²) in [5, 5.41) is 11.3. The van der Waals surface area contributed by atoms with Crippen LogP contribution in [0.25, 0.3) is 10.9 Å². The van der Waals surface area contributed by atoms with Crippen LogP contribution in [0, 0.1) is 0 Å². The summed E-state index contributed by atoms with van der Waals surface area (Å²) in [6, 6.07) is 4.41. The monoisotopic (exact) mass is 320 g/mol. The summed E-state index contributed by atoms with van der Waals surface area (Å²) in [5.41, 5.74) is 0.125. The molecule has 0 unspecified atom stereocenters. The van der Waals surface area contributed by atoms with Crippen molar-refractivity contribution in [1.29, 1.82) is 0 Å². The summed E-state index contributed by atoms with van der Waals surface area (Å²) in [7, 11) is 0. The Morgan fingerprint density at radius 3 is 2.57 bits per heavy atom. The van der Waals surface area contributed by atoms with Gasteiger partial charge in [-0.3, -0.25) is 4.79 Å². The van der Waals surface area contributed by atoms with Crippen LogP contribution in [-0.4, -0.2) is 28.1 Å². The molecule has 0 radical (unpaired) electrons. The van der Waals surface area contributed by atoms with Gasteiger partial charge in [-0.25, -0.2) is 4.79 Å². The number of alkyl halides is 3. The van der Waals surface area contributed by atoms with Crippen molar-refractivity contribution in [2.24, 2.45) is 0 Å². The van der Waals surface area contributed by atoms with Gasteiger partial charge in [-0.05, 0) is 18.2 Å². The number of rotatable bonds is 3. The van der Waals surface area contributed by atoms with Crippen molar-refractivity contribution in [2.75, 3.05) is 0 Å². The molecule has 1 aromatic carbocycles. The molecule has 21 heavy (non-hydrogen) atoms. The molecular formula is C12H8ClF3N2O3. The van der Waals surface area contributed by atoms with E-state index in [4.69, 9.17) is 16.7 Å². The number of benzene rings is 1. The fourth-order valence-electron chi connectivity index (χ4n) is 1.85. The number of aromatic amines is 1. The van der Waals surface area contributed by atoms with E-state index in [9.17, 15) is 22.8 Å². The van der Waals surface area contributed by atoms with Crippen molar-refractivity contribution in [1.82, 2.24) is 10.3 Å². The van der Waals surface area contributed by atoms with Crippen molar-refractivity contribution < 1.29 is 27.9 Å². The number of amides is 1. The minimum atomic E-state index is -5.03. The first-order chi connectivity index (χ1) is 9.70. The molecule has 1 aromatic heterocycles. The third kappa shape index (κ3) is 3.10. The molecule has 2 rings (SSSR count). The van der Waals surface area contributed by atoms with E-state index < -0.39 is 24.6 Å². The fraction of sp³-hybridized carbons (Fsp3) is 0.167. The number of aromatic carboxylic acids is 1. The lowest BCUT2D eigenvalue weighted by Gasteiger charge is -2.08. The second kappa shape index (κ2) is 5.28. The van der Waals surface area contributed by atoms with Gasteiger partial charge in [0.15, 0.2) is 0 Å². The number of hydrogen-bond acceptors (Lipinski definition) is 2. The van der Waals surface area contributed by atoms with Crippen LogP contribution in [0.5, 0.6) is 0 Å². The molecule has 2 aromatic rings. The van der Waals surface area contributed by atoms with E-state index in [2.05, 4.69) is 4.98 Å². The normalized spacial score (nSPS) is 11.6. The largest absolute Gasteiger partial charge is 0.477 e. The molecule has 0 aliphatic carbocycles. The summed E-state index contributed by atoms with van der Waals surface area (Å²) in [5.74, 6) is -3.49. The molecule has 9 heteroatoms. The number of carbonyl (C=O) groups is 2. The van der Waals surface area contributed by atoms with E-state index in [-0.39, 0.29) is 11.3 Å². The molecule has 0 aliphatic rings. The Morgan fingerprint density at radius 2 is 2.00 bits per heavy atom. The van der Waals surface area contributed by atoms with Crippen LogP contribution in [0.4, 0.5) is 13.2 Å². The number of fused-ring (bicyclic) bond motifs is 1. The van der Waals surface area contributed by atoms with E-state index in [1.54, 1.807) is 5.32 Å². The number of aromatic nitrogens is 1. The lowest BCUT2D eigenvalue weighted by molar-refractivity contribution is -0.173. The molecule has 0 aliphatic heterocycles. The Balaban J connectivity index is 2.41. The Kier molecular flexibility index (Phi) is 3.82. The maximum Gasteiger partial charge on any atom is 0.471 e. The van der Waals surface area contributed by atoms with Gasteiger partial charge in [-0.1, -0.05) is 11.6 Å². The van der Waals surface area contributed by atoms with Gasteiger partial charge >= 0.3 is 18.1 Å². The molecule has 0 fully saturated rings. The lowest BCUT2D eigenvalue weighted by atomic mass is 10.1. The smallest absolute Gasteiger partial charge is 0.471 e. The quantitative estimate of drug-likeness (QED) is 0.813. The van der Waals surface area contributed by atoms with Crippen LogP contribution in [0.3, 0.4) is 0 Å². The number of carboxylic acid groups (broad SMARTS) is 1. The summed E-state index contributed by atoms with van der Waals surface area (Å²) in [6.45, 7) is -0.583. The van der Waals surface area contributed by atoms with Gasteiger partial charge in [0.2, 0.25) is 0 Å². The van der Waals surface area contributed by atoms with E-state index >= 15 is 0 Å². The van der Waals surface area contributed by atoms with Crippen LogP contribution >= 0.6 is 11.6 Å². The highest BCUT2D eigenvalue weighted by atomic mass is 35.5. The van der Waals surface area contributed by atoms with E-state index in [1.807, 2.05) is 0 Å². The van der Waals surface area contributed by atoms with E-state index in [0.29, 0.717) is 15.9 Å². The maximum atomic E-state index is 12.2. The van der Waals surface area contributed by atoms with Crippen molar-refractivity contribution in [3.8, 4) is 0 Å². The molecule has 0 spiro atoms. The van der Waals surface area contributed by atoms with Gasteiger partial charge < -0.3 is 15.4 Å². The number of halogens is 4. The second-order valence-electron chi connectivity index (χ2n) is 4.15. The summed E-state index contributed by atoms with van der Waals surface area (Å²) < 4.78 is 36.5. The van der Waals surface area contributed by atoms with Gasteiger partial charge in [0, 0.05) is 28.0 Å². The molecular weight excluding hydrogens is 313 g/mol. The van der Waals surface area contributed by atoms with Crippen LogP contribution < -0.4 is 5.32 Å². The van der Waals surface area contributed by atoms with E-state index in [0.717, 1.165) is 0 Å². The minimum Gasteiger partial charge on any atom is -0.477 e. The first-order valence-electron chi connectivity index (χ1n) is 5.58. The lowest BCUT2D eigenvalue weighted by Crippen LogP contribution is -2.36. The van der Waals surface area contributed by atoms with Crippen molar-refractivity contribution in [3.05, 3.63) is 34.5 Å². The minimum absolute atomic E-state index is 0.0256. The third-order valence-corrected chi connectivity index (χ3v) is 3.00. The molecule has 0 atom stereocenters. The highest BCUT2D eigenvalue weighted by molar-refractivity contribution is 6.31. The average Bonchev–Trinajstić information content (AvgIpc) is 2.72. The Labute approximate surface area is 120 Å². The van der Waals surface area contributed by atoms with Crippen LogP contribution in [0.15, 0.2) is 18.2 Å². The van der Waals surface area contributed by atoms with Gasteiger partial charge in [0.25, 0.3) is 0 Å². The Bertz CT molecular complexity index is 724. The van der Waals surface area contributed by atoms with Gasteiger partial charge in [0.05, 0.1) is 0 Å². The zero-order valence-electron chi connectivity index (χ0n) is 10.2. The number of carbonyl (C=O) groups excluding carboxylic acids is 1. The van der Waals surface area contributed by atoms with Crippen LogP contribution in [-0.2, 0) is 11.3 Å². The second-order valence-corrected chi connectivity index (χ2v) is 4.59. The average molecular weight is 321 g/mol. The van der Waals surface area contributed by atoms with Gasteiger partial charge in [-0.15, -0.1) is 0 Å². The Morgan fingerprint density at radius 1 is 1.33 bits per heavy atom. The summed E-state index contributed by atoms with van der Waals surface area (Å²) >= 11 is 5.79. The van der Waals surface area contributed by atoms with Crippen LogP contribution in [0.1, 0.15) is 16.1 Å². The highest BCUT2D eigenvalue weighted by Crippen LogP contribution is 2.26. The molecule has 1 heterocycles. The topological polar surface area (TPSA) is 82.2 Å². The molecule has 0 bridgehead atoms. The summed E-state index contributed by atoms with van der Waals surface area (Å²) in [6.07, 6.45) is -5.03. The first kappa shape index (κ1) is 15.2. The molecule has 112 valence electrons. The standard InChI is InChI=1S/C12H8ClF3N2O3/c13-5-1-2-8-6(3-5)7(9(18-8)10(19)20)4-17-11(21)12(14,15)16/h1-3,18H,4H2,(H,17,21)(H,19,20). The van der Waals surface area contributed by atoms with Crippen LogP contribution in [0.2, 0.25) is 5.02 Å². The number of H-pyrrole nitrogens is 1. The molecule has 1 amide bonds. The van der Waals surface area contributed by atoms with Gasteiger partial charge in [0.1, 0.15) is 5.69 Å². The summed E-state index contributed by atoms with van der Waals surface area (Å²) in [4.78, 5) is 24.5. The molecule has 0 saturated heterocycles. The van der Waals surface area contributed by atoms with Crippen molar-refractivity contribution >= 4 is 34.4 Å². The third-order valence-electron chi connectivity index (χ3n) is 2.77. The number of hydrogen-bond donors (Lipinski definition) is 3. The fourth-order valence-corrected chi connectivity index (χ4v) is 2.03. The predicted octanol–water partition coefficient (Wildman–Crippen LogP) is 2.70. The van der Waals surface area contributed by atoms with Gasteiger partial charge in [-0.2, -0.15) is 13.2 Å². The van der Waals surface area contributed by atoms with E-state index in [1.165, 1.54) is 18.2 Å². The number of carboxylic acids is 1. The Hall–Kier alpha value is -2.22. The first-order valence-corrected chi connectivity index (χ1v) is 5.96.